The molecular weight excluding hydrogens is 230 g/mol. The zero-order valence-corrected chi connectivity index (χ0v) is 12.2. The Morgan fingerprint density at radius 3 is 2.11 bits per heavy atom. The summed E-state index contributed by atoms with van der Waals surface area (Å²) in [6.45, 7) is 8.78. The maximum absolute atomic E-state index is 9.20. The number of hydrogen-bond acceptors (Lipinski definition) is 5. The predicted octanol–water partition coefficient (Wildman–Crippen LogP) is 0.863. The lowest BCUT2D eigenvalue weighted by Gasteiger charge is -2.27. The van der Waals surface area contributed by atoms with Gasteiger partial charge in [-0.2, -0.15) is 5.26 Å². The fourth-order valence-electron chi connectivity index (χ4n) is 1.73. The molecule has 0 aromatic heterocycles. The summed E-state index contributed by atoms with van der Waals surface area (Å²) in [5, 5.41) is 12.4. The van der Waals surface area contributed by atoms with E-state index >= 15 is 0 Å². The maximum Gasteiger partial charge on any atom is 0.105 e. The van der Waals surface area contributed by atoms with Crippen LogP contribution in [0, 0.1) is 11.3 Å². The molecule has 1 unspecified atom stereocenters. The second kappa shape index (κ2) is 10.3. The highest BCUT2D eigenvalue weighted by molar-refractivity contribution is 5.03. The van der Waals surface area contributed by atoms with Gasteiger partial charge in [0.05, 0.1) is 19.3 Å². The number of nitriles is 1. The van der Waals surface area contributed by atoms with E-state index in [1.165, 1.54) is 0 Å². The second-order valence-corrected chi connectivity index (χ2v) is 4.55. The van der Waals surface area contributed by atoms with E-state index in [0.29, 0.717) is 13.2 Å². The quantitative estimate of drug-likeness (QED) is 0.595. The molecule has 0 fully saturated rings. The molecule has 0 spiro atoms. The van der Waals surface area contributed by atoms with Crippen LogP contribution in [0.25, 0.3) is 0 Å². The van der Waals surface area contributed by atoms with Gasteiger partial charge in [0.25, 0.3) is 0 Å². The number of hydrogen-bond donors (Lipinski definition) is 1. The first kappa shape index (κ1) is 17.3. The summed E-state index contributed by atoms with van der Waals surface area (Å²) in [4.78, 5) is 2.26. The Hall–Kier alpha value is -0.670. The van der Waals surface area contributed by atoms with E-state index in [1.807, 2.05) is 13.8 Å². The minimum absolute atomic E-state index is 0.451. The highest BCUT2D eigenvalue weighted by atomic mass is 16.5. The molecule has 18 heavy (non-hydrogen) atoms. The van der Waals surface area contributed by atoms with E-state index in [2.05, 4.69) is 16.3 Å². The third kappa shape index (κ3) is 7.62. The SMILES string of the molecule is CCNC(C)(C#N)CCN(CCOC)CCOC. The standard InChI is InChI=1S/C13H27N3O2/c1-5-15-13(2,12-14)6-7-16(8-10-17-3)9-11-18-4/h15H,5-11H2,1-4H3. The van der Waals surface area contributed by atoms with E-state index < -0.39 is 5.54 Å². The molecule has 1 N–H and O–H groups in total. The van der Waals surface area contributed by atoms with Crippen molar-refractivity contribution >= 4 is 0 Å². The largest absolute Gasteiger partial charge is 0.383 e. The van der Waals surface area contributed by atoms with Gasteiger partial charge in [0.15, 0.2) is 0 Å². The van der Waals surface area contributed by atoms with Crippen LogP contribution in [-0.4, -0.2) is 64.1 Å². The average molecular weight is 257 g/mol. The maximum atomic E-state index is 9.20. The lowest BCUT2D eigenvalue weighted by molar-refractivity contribution is 0.110. The molecule has 0 saturated carbocycles. The van der Waals surface area contributed by atoms with E-state index in [0.717, 1.165) is 32.6 Å². The minimum atomic E-state index is -0.451. The average Bonchev–Trinajstić information content (AvgIpc) is 2.38. The van der Waals surface area contributed by atoms with Crippen molar-refractivity contribution in [3.8, 4) is 6.07 Å². The number of nitrogens with one attached hydrogen (secondary N) is 1. The predicted molar refractivity (Wildman–Crippen MR) is 72.5 cm³/mol. The van der Waals surface area contributed by atoms with Crippen molar-refractivity contribution < 1.29 is 9.47 Å². The van der Waals surface area contributed by atoms with Gasteiger partial charge in [0.1, 0.15) is 5.54 Å². The van der Waals surface area contributed by atoms with Crippen LogP contribution in [0.3, 0.4) is 0 Å². The van der Waals surface area contributed by atoms with Crippen LogP contribution in [0.1, 0.15) is 20.3 Å². The molecule has 106 valence electrons. The molecule has 5 heteroatoms. The lowest BCUT2D eigenvalue weighted by Crippen LogP contribution is -2.44. The van der Waals surface area contributed by atoms with Crippen LogP contribution >= 0.6 is 0 Å². The highest BCUT2D eigenvalue weighted by Crippen LogP contribution is 2.09. The molecular formula is C13H27N3O2. The lowest BCUT2D eigenvalue weighted by atomic mass is 9.99. The minimum Gasteiger partial charge on any atom is -0.383 e. The van der Waals surface area contributed by atoms with E-state index in [9.17, 15) is 5.26 Å². The molecule has 0 saturated heterocycles. The molecule has 0 aliphatic rings. The summed E-state index contributed by atoms with van der Waals surface area (Å²) in [7, 11) is 3.40. The summed E-state index contributed by atoms with van der Waals surface area (Å²) >= 11 is 0. The van der Waals surface area contributed by atoms with Gasteiger partial charge >= 0.3 is 0 Å². The van der Waals surface area contributed by atoms with Crippen LogP contribution in [0.5, 0.6) is 0 Å². The van der Waals surface area contributed by atoms with Gasteiger partial charge in [-0.1, -0.05) is 6.92 Å². The van der Waals surface area contributed by atoms with Gasteiger partial charge in [-0.3, -0.25) is 10.2 Å². The van der Waals surface area contributed by atoms with Crippen molar-refractivity contribution in [3.05, 3.63) is 0 Å². The van der Waals surface area contributed by atoms with Crippen LogP contribution in [0.15, 0.2) is 0 Å². The Morgan fingerprint density at radius 2 is 1.72 bits per heavy atom. The van der Waals surface area contributed by atoms with E-state index in [-0.39, 0.29) is 0 Å². The first-order chi connectivity index (χ1) is 8.61. The zero-order valence-electron chi connectivity index (χ0n) is 12.2. The number of rotatable bonds is 11. The van der Waals surface area contributed by atoms with Gasteiger partial charge in [-0.05, 0) is 19.9 Å². The van der Waals surface area contributed by atoms with Crippen LogP contribution < -0.4 is 5.32 Å². The molecule has 0 amide bonds. The van der Waals surface area contributed by atoms with E-state index in [4.69, 9.17) is 9.47 Å². The van der Waals surface area contributed by atoms with Gasteiger partial charge in [0.2, 0.25) is 0 Å². The Kier molecular flexibility index (Phi) is 9.89. The molecule has 0 aromatic rings. The van der Waals surface area contributed by atoms with Gasteiger partial charge in [-0.15, -0.1) is 0 Å². The van der Waals surface area contributed by atoms with Crippen molar-refractivity contribution in [2.75, 3.05) is 53.6 Å². The van der Waals surface area contributed by atoms with Crippen molar-refractivity contribution in [2.45, 2.75) is 25.8 Å². The van der Waals surface area contributed by atoms with Crippen molar-refractivity contribution in [3.63, 3.8) is 0 Å². The van der Waals surface area contributed by atoms with Crippen molar-refractivity contribution in [2.24, 2.45) is 0 Å². The normalized spacial score (nSPS) is 14.4. The molecule has 5 nitrogen and oxygen atoms in total. The van der Waals surface area contributed by atoms with Gasteiger partial charge in [0, 0.05) is 33.9 Å². The molecule has 0 aliphatic carbocycles. The fraction of sp³-hybridized carbons (Fsp3) is 0.923. The van der Waals surface area contributed by atoms with Gasteiger partial charge < -0.3 is 9.47 Å². The molecule has 0 radical (unpaired) electrons. The first-order valence-corrected chi connectivity index (χ1v) is 6.48. The summed E-state index contributed by atoms with van der Waals surface area (Å²) in [6.07, 6.45) is 0.796. The molecule has 0 bridgehead atoms. The molecule has 0 heterocycles. The summed E-state index contributed by atoms with van der Waals surface area (Å²) in [5.41, 5.74) is -0.451. The summed E-state index contributed by atoms with van der Waals surface area (Å²) < 4.78 is 10.2. The third-order valence-electron chi connectivity index (χ3n) is 2.97. The smallest absolute Gasteiger partial charge is 0.105 e. The second-order valence-electron chi connectivity index (χ2n) is 4.55. The van der Waals surface area contributed by atoms with E-state index in [1.54, 1.807) is 14.2 Å². The zero-order chi connectivity index (χ0) is 13.9. The van der Waals surface area contributed by atoms with Crippen molar-refractivity contribution in [1.29, 1.82) is 5.26 Å². The number of nitrogens with zero attached hydrogens (tertiary/aromatic N) is 2. The topological polar surface area (TPSA) is 57.5 Å². The Labute approximate surface area is 111 Å². The molecule has 0 aliphatic heterocycles. The monoisotopic (exact) mass is 257 g/mol. The third-order valence-corrected chi connectivity index (χ3v) is 2.97. The number of methoxy groups -OCH3 is 2. The van der Waals surface area contributed by atoms with Crippen LogP contribution in [0.2, 0.25) is 0 Å². The summed E-state index contributed by atoms with van der Waals surface area (Å²) in [6, 6.07) is 2.35. The Bertz CT molecular complexity index is 235. The highest BCUT2D eigenvalue weighted by Gasteiger charge is 2.22. The molecule has 1 atom stereocenters. The molecule has 0 rings (SSSR count). The first-order valence-electron chi connectivity index (χ1n) is 6.48. The molecule has 0 aromatic carbocycles. The fourth-order valence-corrected chi connectivity index (χ4v) is 1.73. The number of ether oxygens (including phenoxy) is 2. The van der Waals surface area contributed by atoms with Crippen LogP contribution in [0.4, 0.5) is 0 Å². The van der Waals surface area contributed by atoms with Crippen LogP contribution in [-0.2, 0) is 9.47 Å². The van der Waals surface area contributed by atoms with Gasteiger partial charge in [-0.25, -0.2) is 0 Å². The van der Waals surface area contributed by atoms with Crippen molar-refractivity contribution in [1.82, 2.24) is 10.2 Å². The Morgan fingerprint density at radius 1 is 1.17 bits per heavy atom. The summed E-state index contributed by atoms with van der Waals surface area (Å²) in [5.74, 6) is 0. The Balaban J connectivity index is 4.17.